The van der Waals surface area contributed by atoms with Crippen LogP contribution in [0, 0.1) is 0 Å². The summed E-state index contributed by atoms with van der Waals surface area (Å²) < 4.78 is 0.274. The molecule has 1 saturated carbocycles. The van der Waals surface area contributed by atoms with Crippen LogP contribution in [-0.2, 0) is 0 Å². The zero-order chi connectivity index (χ0) is 15.3. The molecule has 5 heteroatoms. The van der Waals surface area contributed by atoms with E-state index in [1.54, 1.807) is 0 Å². The highest BCUT2D eigenvalue weighted by molar-refractivity contribution is 8.00. The van der Waals surface area contributed by atoms with Crippen LogP contribution in [0.4, 0.5) is 0 Å². The van der Waals surface area contributed by atoms with Gasteiger partial charge in [-0.25, -0.2) is 0 Å². The Hall–Kier alpha value is -0.420. The predicted molar refractivity (Wildman–Crippen MR) is 92.1 cm³/mol. The summed E-state index contributed by atoms with van der Waals surface area (Å²) in [5.74, 6) is 2.12. The van der Waals surface area contributed by atoms with E-state index in [9.17, 15) is 5.11 Å². The Balaban J connectivity index is 2.01. The van der Waals surface area contributed by atoms with E-state index < -0.39 is 5.60 Å². The maximum Gasteiger partial charge on any atom is 0.194 e. The van der Waals surface area contributed by atoms with Gasteiger partial charge in [-0.3, -0.25) is 4.99 Å². The molecule has 0 aromatic heterocycles. The van der Waals surface area contributed by atoms with Gasteiger partial charge in [-0.2, -0.15) is 11.8 Å². The minimum absolute atomic E-state index is 0.274. The molecule has 2 N–H and O–H groups in total. The average molecular weight is 314 g/mol. The van der Waals surface area contributed by atoms with Gasteiger partial charge in [0, 0.05) is 30.1 Å². The molecule has 4 nitrogen and oxygen atoms in total. The van der Waals surface area contributed by atoms with Crippen LogP contribution < -0.4 is 5.32 Å². The third kappa shape index (κ3) is 5.06. The molecule has 0 radical (unpaired) electrons. The molecule has 2 fully saturated rings. The molecule has 2 aliphatic rings. The molecule has 1 heterocycles. The third-order valence-corrected chi connectivity index (χ3v) is 5.66. The number of aliphatic hydroxyl groups is 1. The first-order valence-electron chi connectivity index (χ1n) is 8.34. The van der Waals surface area contributed by atoms with Gasteiger partial charge in [-0.15, -0.1) is 0 Å². The number of hydrogen-bond acceptors (Lipinski definition) is 3. The Morgan fingerprint density at radius 1 is 1.29 bits per heavy atom. The van der Waals surface area contributed by atoms with Crippen molar-refractivity contribution in [1.29, 1.82) is 0 Å². The highest BCUT2D eigenvalue weighted by Crippen LogP contribution is 2.30. The molecule has 21 heavy (non-hydrogen) atoms. The topological polar surface area (TPSA) is 47.9 Å². The van der Waals surface area contributed by atoms with Gasteiger partial charge < -0.3 is 15.3 Å². The van der Waals surface area contributed by atoms with Crippen molar-refractivity contribution in [1.82, 2.24) is 10.2 Å². The number of rotatable bonds is 3. The van der Waals surface area contributed by atoms with E-state index in [-0.39, 0.29) is 4.75 Å². The Kier molecular flexibility index (Phi) is 5.83. The van der Waals surface area contributed by atoms with Gasteiger partial charge in [0.25, 0.3) is 0 Å². The van der Waals surface area contributed by atoms with Crippen LogP contribution in [0.15, 0.2) is 4.99 Å². The van der Waals surface area contributed by atoms with Gasteiger partial charge in [-0.05, 0) is 33.6 Å². The maximum atomic E-state index is 10.6. The van der Waals surface area contributed by atoms with E-state index in [0.29, 0.717) is 6.54 Å². The molecule has 2 rings (SSSR count). The Labute approximate surface area is 133 Å². The number of nitrogens with one attached hydrogen (secondary N) is 1. The molecule has 1 aliphatic heterocycles. The second-order valence-corrected chi connectivity index (χ2v) is 8.79. The molecule has 122 valence electrons. The minimum Gasteiger partial charge on any atom is -0.388 e. The number of nitrogens with zero attached hydrogens (tertiary/aromatic N) is 2. The summed E-state index contributed by atoms with van der Waals surface area (Å²) in [5, 5.41) is 14.0. The molecule has 0 spiro atoms. The molecule has 1 saturated heterocycles. The van der Waals surface area contributed by atoms with Crippen molar-refractivity contribution in [2.75, 3.05) is 31.9 Å². The van der Waals surface area contributed by atoms with Crippen molar-refractivity contribution in [3.05, 3.63) is 0 Å². The Morgan fingerprint density at radius 2 is 2.00 bits per heavy atom. The first kappa shape index (κ1) is 16.9. The predicted octanol–water partition coefficient (Wildman–Crippen LogP) is 2.47. The molecule has 0 atom stereocenters. The first-order chi connectivity index (χ1) is 9.94. The standard InChI is InChI=1S/C16H31N3OS/c1-4-17-14(19-10-11-21-15(2,3)13-19)18-12-16(20)8-6-5-7-9-16/h20H,4-13H2,1-3H3,(H,17,18). The molecule has 0 amide bonds. The summed E-state index contributed by atoms with van der Waals surface area (Å²) >= 11 is 2.03. The highest BCUT2D eigenvalue weighted by atomic mass is 32.2. The average Bonchev–Trinajstić information content (AvgIpc) is 2.43. The van der Waals surface area contributed by atoms with Crippen molar-refractivity contribution in [3.8, 4) is 0 Å². The molecular formula is C16H31N3OS. The lowest BCUT2D eigenvalue weighted by Crippen LogP contribution is -2.51. The minimum atomic E-state index is -0.570. The largest absolute Gasteiger partial charge is 0.388 e. The lowest BCUT2D eigenvalue weighted by molar-refractivity contribution is 0.0129. The fourth-order valence-electron chi connectivity index (χ4n) is 3.21. The van der Waals surface area contributed by atoms with Crippen molar-refractivity contribution < 1.29 is 5.11 Å². The molecule has 0 bridgehead atoms. The van der Waals surface area contributed by atoms with Crippen LogP contribution in [0.3, 0.4) is 0 Å². The van der Waals surface area contributed by atoms with Gasteiger partial charge in [0.2, 0.25) is 0 Å². The second-order valence-electron chi connectivity index (χ2n) is 6.98. The van der Waals surface area contributed by atoms with Crippen molar-refractivity contribution in [2.45, 2.75) is 63.2 Å². The van der Waals surface area contributed by atoms with Gasteiger partial charge in [-0.1, -0.05) is 19.3 Å². The van der Waals surface area contributed by atoms with E-state index in [1.165, 1.54) is 6.42 Å². The molecule has 0 unspecified atom stereocenters. The number of aliphatic imine (C=N–C) groups is 1. The summed E-state index contributed by atoms with van der Waals surface area (Å²) in [4.78, 5) is 7.12. The summed E-state index contributed by atoms with van der Waals surface area (Å²) in [6, 6.07) is 0. The Bertz CT molecular complexity index is 365. The summed E-state index contributed by atoms with van der Waals surface area (Å²) in [6.45, 7) is 10.2. The molecule has 0 aromatic carbocycles. The van der Waals surface area contributed by atoms with E-state index in [4.69, 9.17) is 4.99 Å². The summed E-state index contributed by atoms with van der Waals surface area (Å²) in [7, 11) is 0. The summed E-state index contributed by atoms with van der Waals surface area (Å²) in [5.41, 5.74) is -0.570. The van der Waals surface area contributed by atoms with Gasteiger partial charge in [0.1, 0.15) is 0 Å². The number of hydrogen-bond donors (Lipinski definition) is 2. The van der Waals surface area contributed by atoms with Crippen LogP contribution in [0.5, 0.6) is 0 Å². The van der Waals surface area contributed by atoms with Crippen molar-refractivity contribution in [2.24, 2.45) is 4.99 Å². The van der Waals surface area contributed by atoms with Crippen LogP contribution >= 0.6 is 11.8 Å². The fraction of sp³-hybridized carbons (Fsp3) is 0.938. The van der Waals surface area contributed by atoms with Gasteiger partial charge in [0.05, 0.1) is 12.1 Å². The van der Waals surface area contributed by atoms with E-state index in [1.807, 2.05) is 11.8 Å². The molecule has 1 aliphatic carbocycles. The smallest absolute Gasteiger partial charge is 0.194 e. The van der Waals surface area contributed by atoms with E-state index in [2.05, 4.69) is 31.0 Å². The van der Waals surface area contributed by atoms with Crippen molar-refractivity contribution >= 4 is 17.7 Å². The molecule has 0 aromatic rings. The quantitative estimate of drug-likeness (QED) is 0.621. The van der Waals surface area contributed by atoms with Crippen LogP contribution in [0.1, 0.15) is 52.9 Å². The van der Waals surface area contributed by atoms with Crippen LogP contribution in [0.25, 0.3) is 0 Å². The lowest BCUT2D eigenvalue weighted by Gasteiger charge is -2.39. The maximum absolute atomic E-state index is 10.6. The van der Waals surface area contributed by atoms with Gasteiger partial charge in [0.15, 0.2) is 5.96 Å². The molecular weight excluding hydrogens is 282 g/mol. The monoisotopic (exact) mass is 313 g/mol. The van der Waals surface area contributed by atoms with E-state index in [0.717, 1.165) is 57.0 Å². The first-order valence-corrected chi connectivity index (χ1v) is 9.32. The number of guanidine groups is 1. The highest BCUT2D eigenvalue weighted by Gasteiger charge is 2.31. The Morgan fingerprint density at radius 3 is 2.62 bits per heavy atom. The fourth-order valence-corrected chi connectivity index (χ4v) is 4.32. The van der Waals surface area contributed by atoms with Gasteiger partial charge >= 0.3 is 0 Å². The SMILES string of the molecule is CCNC(=NCC1(O)CCCCC1)N1CCSC(C)(C)C1. The zero-order valence-corrected chi connectivity index (χ0v) is 14.6. The van der Waals surface area contributed by atoms with E-state index >= 15 is 0 Å². The number of thioether (sulfide) groups is 1. The normalized spacial score (nSPS) is 25.7. The zero-order valence-electron chi connectivity index (χ0n) is 13.8. The third-order valence-electron chi connectivity index (χ3n) is 4.37. The lowest BCUT2D eigenvalue weighted by atomic mass is 9.85. The van der Waals surface area contributed by atoms with Crippen LogP contribution in [-0.4, -0.2) is 58.2 Å². The van der Waals surface area contributed by atoms with Crippen LogP contribution in [0.2, 0.25) is 0 Å². The second kappa shape index (κ2) is 7.23. The van der Waals surface area contributed by atoms with Crippen molar-refractivity contribution in [3.63, 3.8) is 0 Å². The summed E-state index contributed by atoms with van der Waals surface area (Å²) in [6.07, 6.45) is 5.32.